The van der Waals surface area contributed by atoms with Crippen LogP contribution < -0.4 is 4.74 Å². The van der Waals surface area contributed by atoms with Gasteiger partial charge in [-0.05, 0) is 6.07 Å². The van der Waals surface area contributed by atoms with Crippen LogP contribution in [0.4, 0.5) is 5.69 Å². The Morgan fingerprint density at radius 3 is 2.61 bits per heavy atom. The van der Waals surface area contributed by atoms with Crippen LogP contribution in [0.25, 0.3) is 0 Å². The molecule has 0 aliphatic carbocycles. The SMILES string of the molecule is O=[N+]([O-])c1ccc(OCCOCCO)c(CO)c1. The molecule has 0 saturated heterocycles. The van der Waals surface area contributed by atoms with Crippen LogP contribution in [0, 0.1) is 10.1 Å². The number of nitrogens with zero attached hydrogens (tertiary/aromatic N) is 1. The lowest BCUT2D eigenvalue weighted by molar-refractivity contribution is -0.385. The molecule has 1 rings (SSSR count). The zero-order valence-electron chi connectivity index (χ0n) is 9.74. The second-order valence-electron chi connectivity index (χ2n) is 3.39. The molecule has 7 nitrogen and oxygen atoms in total. The predicted molar refractivity (Wildman–Crippen MR) is 62.4 cm³/mol. The van der Waals surface area contributed by atoms with Crippen molar-refractivity contribution in [3.63, 3.8) is 0 Å². The monoisotopic (exact) mass is 257 g/mol. The smallest absolute Gasteiger partial charge is 0.270 e. The lowest BCUT2D eigenvalue weighted by Crippen LogP contribution is -2.10. The number of rotatable bonds is 8. The largest absolute Gasteiger partial charge is 0.491 e. The molecule has 1 aromatic carbocycles. The zero-order valence-corrected chi connectivity index (χ0v) is 9.74. The number of aliphatic hydroxyl groups is 2. The van der Waals surface area contributed by atoms with Crippen molar-refractivity contribution in [2.75, 3.05) is 26.4 Å². The molecule has 0 aromatic heterocycles. The van der Waals surface area contributed by atoms with Crippen molar-refractivity contribution in [1.29, 1.82) is 0 Å². The van der Waals surface area contributed by atoms with Crippen molar-refractivity contribution in [2.24, 2.45) is 0 Å². The molecule has 2 N–H and O–H groups in total. The van der Waals surface area contributed by atoms with Crippen LogP contribution in [0.3, 0.4) is 0 Å². The molecule has 0 saturated carbocycles. The predicted octanol–water partition coefficient (Wildman–Crippen LogP) is 0.475. The molecule has 100 valence electrons. The summed E-state index contributed by atoms with van der Waals surface area (Å²) in [5.41, 5.74) is 0.259. The van der Waals surface area contributed by atoms with Gasteiger partial charge in [-0.2, -0.15) is 0 Å². The molecular formula is C11H15NO6. The van der Waals surface area contributed by atoms with Crippen LogP contribution in [0.5, 0.6) is 5.75 Å². The Morgan fingerprint density at radius 2 is 2.00 bits per heavy atom. The summed E-state index contributed by atoms with van der Waals surface area (Å²) in [6, 6.07) is 4.02. The summed E-state index contributed by atoms with van der Waals surface area (Å²) in [7, 11) is 0. The number of benzene rings is 1. The first-order valence-electron chi connectivity index (χ1n) is 5.38. The van der Waals surface area contributed by atoms with Gasteiger partial charge in [-0.15, -0.1) is 0 Å². The highest BCUT2D eigenvalue weighted by Crippen LogP contribution is 2.24. The molecule has 0 unspecified atom stereocenters. The Bertz CT molecular complexity index is 395. The van der Waals surface area contributed by atoms with Gasteiger partial charge in [0.25, 0.3) is 5.69 Å². The summed E-state index contributed by atoms with van der Waals surface area (Å²) >= 11 is 0. The Morgan fingerprint density at radius 1 is 1.22 bits per heavy atom. The lowest BCUT2D eigenvalue weighted by atomic mass is 10.2. The number of aliphatic hydroxyl groups excluding tert-OH is 2. The average molecular weight is 257 g/mol. The summed E-state index contributed by atoms with van der Waals surface area (Å²) < 4.78 is 10.3. The van der Waals surface area contributed by atoms with Gasteiger partial charge in [0, 0.05) is 17.7 Å². The van der Waals surface area contributed by atoms with E-state index in [1.807, 2.05) is 0 Å². The molecule has 18 heavy (non-hydrogen) atoms. The summed E-state index contributed by atoms with van der Waals surface area (Å²) in [5.74, 6) is 0.385. The van der Waals surface area contributed by atoms with Crippen LogP contribution in [-0.4, -0.2) is 41.6 Å². The maximum atomic E-state index is 10.6. The standard InChI is InChI=1S/C11H15NO6/c13-3-4-17-5-6-18-11-2-1-10(12(15)16)7-9(11)8-14/h1-2,7,13-14H,3-6,8H2. The third kappa shape index (κ3) is 4.28. The molecule has 0 radical (unpaired) electrons. The van der Waals surface area contributed by atoms with Gasteiger partial charge < -0.3 is 19.7 Å². The number of nitro benzene ring substituents is 1. The van der Waals surface area contributed by atoms with Crippen LogP contribution in [-0.2, 0) is 11.3 Å². The van der Waals surface area contributed by atoms with Crippen LogP contribution >= 0.6 is 0 Å². The minimum atomic E-state index is -0.534. The van der Waals surface area contributed by atoms with E-state index in [0.29, 0.717) is 17.9 Å². The van der Waals surface area contributed by atoms with Gasteiger partial charge in [0.2, 0.25) is 0 Å². The highest BCUT2D eigenvalue weighted by molar-refractivity contribution is 5.43. The summed E-state index contributed by atoms with van der Waals surface area (Å²) in [6.45, 7) is 0.373. The Balaban J connectivity index is 2.57. The number of non-ortho nitro benzene ring substituents is 1. The molecule has 1 aromatic rings. The van der Waals surface area contributed by atoms with Gasteiger partial charge >= 0.3 is 0 Å². The van der Waals surface area contributed by atoms with Gasteiger partial charge in [0.05, 0.1) is 31.4 Å². The minimum Gasteiger partial charge on any atom is -0.491 e. The van der Waals surface area contributed by atoms with Crippen molar-refractivity contribution in [1.82, 2.24) is 0 Å². The topological polar surface area (TPSA) is 102 Å². The highest BCUT2D eigenvalue weighted by atomic mass is 16.6. The van der Waals surface area contributed by atoms with E-state index < -0.39 is 4.92 Å². The number of ether oxygens (including phenoxy) is 2. The van der Waals surface area contributed by atoms with Crippen molar-refractivity contribution < 1.29 is 24.6 Å². The maximum Gasteiger partial charge on any atom is 0.270 e. The van der Waals surface area contributed by atoms with E-state index in [0.717, 1.165) is 0 Å². The first kappa shape index (κ1) is 14.4. The molecule has 0 aliphatic rings. The van der Waals surface area contributed by atoms with Crippen LogP contribution in [0.15, 0.2) is 18.2 Å². The molecule has 7 heteroatoms. The van der Waals surface area contributed by atoms with E-state index in [1.54, 1.807) is 0 Å². The van der Waals surface area contributed by atoms with E-state index in [9.17, 15) is 10.1 Å². The third-order valence-corrected chi connectivity index (χ3v) is 2.15. The molecule has 0 heterocycles. The Labute approximate surface area is 104 Å². The van der Waals surface area contributed by atoms with Crippen LogP contribution in [0.1, 0.15) is 5.56 Å². The van der Waals surface area contributed by atoms with Gasteiger partial charge in [-0.3, -0.25) is 10.1 Å². The lowest BCUT2D eigenvalue weighted by Gasteiger charge is -2.09. The first-order valence-corrected chi connectivity index (χ1v) is 5.38. The fourth-order valence-electron chi connectivity index (χ4n) is 1.32. The average Bonchev–Trinajstić information content (AvgIpc) is 2.38. The molecule has 0 amide bonds. The van der Waals surface area contributed by atoms with E-state index in [1.165, 1.54) is 18.2 Å². The summed E-state index contributed by atoms with van der Waals surface area (Å²) in [5, 5.41) is 28.1. The van der Waals surface area contributed by atoms with Crippen molar-refractivity contribution in [3.05, 3.63) is 33.9 Å². The number of hydrogen-bond acceptors (Lipinski definition) is 6. The van der Waals surface area contributed by atoms with E-state index in [4.69, 9.17) is 19.7 Å². The quantitative estimate of drug-likeness (QED) is 0.399. The van der Waals surface area contributed by atoms with E-state index >= 15 is 0 Å². The van der Waals surface area contributed by atoms with E-state index in [-0.39, 0.29) is 32.1 Å². The van der Waals surface area contributed by atoms with Gasteiger partial charge in [0.15, 0.2) is 0 Å². The minimum absolute atomic E-state index is 0.0561. The summed E-state index contributed by atoms with van der Waals surface area (Å²) in [6.07, 6.45) is 0. The normalized spacial score (nSPS) is 10.3. The van der Waals surface area contributed by atoms with Crippen molar-refractivity contribution >= 4 is 5.69 Å². The van der Waals surface area contributed by atoms with Gasteiger partial charge in [-0.25, -0.2) is 0 Å². The second-order valence-corrected chi connectivity index (χ2v) is 3.39. The van der Waals surface area contributed by atoms with Crippen LogP contribution in [0.2, 0.25) is 0 Å². The molecular weight excluding hydrogens is 242 g/mol. The Kier molecular flexibility index (Phi) is 6.06. The van der Waals surface area contributed by atoms with E-state index in [2.05, 4.69) is 0 Å². The number of hydrogen-bond donors (Lipinski definition) is 2. The summed E-state index contributed by atoms with van der Waals surface area (Å²) in [4.78, 5) is 10.0. The second kappa shape index (κ2) is 7.59. The molecule has 0 bridgehead atoms. The molecule has 0 spiro atoms. The zero-order chi connectivity index (χ0) is 13.4. The van der Waals surface area contributed by atoms with Gasteiger partial charge in [-0.1, -0.05) is 0 Å². The molecule has 0 atom stereocenters. The third-order valence-electron chi connectivity index (χ3n) is 2.15. The first-order chi connectivity index (χ1) is 8.69. The van der Waals surface area contributed by atoms with Crippen molar-refractivity contribution in [3.8, 4) is 5.75 Å². The Hall–Kier alpha value is -1.70. The highest BCUT2D eigenvalue weighted by Gasteiger charge is 2.10. The van der Waals surface area contributed by atoms with Gasteiger partial charge in [0.1, 0.15) is 12.4 Å². The fourth-order valence-corrected chi connectivity index (χ4v) is 1.32. The molecule has 0 aliphatic heterocycles. The van der Waals surface area contributed by atoms with Crippen molar-refractivity contribution in [2.45, 2.75) is 6.61 Å². The number of nitro groups is 1. The molecule has 0 fully saturated rings. The maximum absolute atomic E-state index is 10.6. The fraction of sp³-hybridized carbons (Fsp3) is 0.455.